The number of esters is 1. The molecular formula is C24H22N4O8. The normalized spacial score (nSPS) is 13.4. The summed E-state index contributed by atoms with van der Waals surface area (Å²) in [6.07, 6.45) is 0. The van der Waals surface area contributed by atoms with Gasteiger partial charge in [-0.1, -0.05) is 12.1 Å². The van der Waals surface area contributed by atoms with Crippen molar-refractivity contribution in [3.8, 4) is 11.3 Å². The van der Waals surface area contributed by atoms with Gasteiger partial charge in [-0.05, 0) is 37.3 Å². The molecule has 1 amide bonds. The van der Waals surface area contributed by atoms with E-state index in [1.54, 1.807) is 34.9 Å². The standard InChI is InChI=1S/C24H22N4O8/c1-2-35-24(30)16-7-8-19(20(15-16)28(33)34)25-11-13-26(14-12-25)23(29)22-10-9-21(36-22)17-5-3-4-6-18(17)27(31)32/h3-10,15H,2,11-14H2,1H3. The highest BCUT2D eigenvalue weighted by molar-refractivity contribution is 5.93. The van der Waals surface area contributed by atoms with Crippen molar-refractivity contribution in [3.63, 3.8) is 0 Å². The van der Waals surface area contributed by atoms with Crippen molar-refractivity contribution < 1.29 is 28.6 Å². The summed E-state index contributed by atoms with van der Waals surface area (Å²) in [5, 5.41) is 22.9. The quantitative estimate of drug-likeness (QED) is 0.271. The van der Waals surface area contributed by atoms with Crippen molar-refractivity contribution in [2.45, 2.75) is 6.92 Å². The summed E-state index contributed by atoms with van der Waals surface area (Å²) in [4.78, 5) is 50.1. The molecule has 1 aliphatic rings. The van der Waals surface area contributed by atoms with Crippen LogP contribution in [0.15, 0.2) is 59.0 Å². The van der Waals surface area contributed by atoms with Crippen LogP contribution in [0.25, 0.3) is 11.3 Å². The van der Waals surface area contributed by atoms with Crippen LogP contribution in [0.1, 0.15) is 27.8 Å². The smallest absolute Gasteiger partial charge is 0.338 e. The zero-order valence-electron chi connectivity index (χ0n) is 19.3. The molecule has 1 saturated heterocycles. The molecule has 0 unspecified atom stereocenters. The summed E-state index contributed by atoms with van der Waals surface area (Å²) in [7, 11) is 0. The van der Waals surface area contributed by atoms with Crippen LogP contribution in [0, 0.1) is 20.2 Å². The van der Waals surface area contributed by atoms with E-state index in [0.29, 0.717) is 18.8 Å². The molecule has 0 atom stereocenters. The monoisotopic (exact) mass is 494 g/mol. The number of benzene rings is 2. The minimum Gasteiger partial charge on any atom is -0.462 e. The van der Waals surface area contributed by atoms with Crippen molar-refractivity contribution in [3.05, 3.63) is 86.1 Å². The molecule has 1 aliphatic heterocycles. The predicted molar refractivity (Wildman–Crippen MR) is 128 cm³/mol. The molecule has 1 aromatic heterocycles. The van der Waals surface area contributed by atoms with Crippen LogP contribution in [-0.4, -0.2) is 59.4 Å². The second-order valence-electron chi connectivity index (χ2n) is 7.90. The number of ether oxygens (including phenoxy) is 1. The third-order valence-corrected chi connectivity index (χ3v) is 5.77. The fourth-order valence-corrected chi connectivity index (χ4v) is 4.02. The van der Waals surface area contributed by atoms with Gasteiger partial charge in [0.1, 0.15) is 11.4 Å². The molecule has 3 aromatic rings. The second kappa shape index (κ2) is 10.3. The summed E-state index contributed by atoms with van der Waals surface area (Å²) in [6.45, 7) is 3.00. The number of hydrogen-bond donors (Lipinski definition) is 0. The lowest BCUT2D eigenvalue weighted by Crippen LogP contribution is -2.48. The minimum absolute atomic E-state index is 0.0429. The summed E-state index contributed by atoms with van der Waals surface area (Å²) in [5.41, 5.74) is 0.352. The lowest BCUT2D eigenvalue weighted by atomic mass is 10.1. The largest absolute Gasteiger partial charge is 0.462 e. The fraction of sp³-hybridized carbons (Fsp3) is 0.250. The lowest BCUT2D eigenvalue weighted by Gasteiger charge is -2.35. The zero-order chi connectivity index (χ0) is 25.8. The first-order valence-electron chi connectivity index (χ1n) is 11.1. The molecule has 0 spiro atoms. The first kappa shape index (κ1) is 24.4. The van der Waals surface area contributed by atoms with Gasteiger partial charge in [-0.3, -0.25) is 25.0 Å². The molecule has 0 N–H and O–H groups in total. The van der Waals surface area contributed by atoms with E-state index in [1.165, 1.54) is 36.4 Å². The maximum atomic E-state index is 13.0. The van der Waals surface area contributed by atoms with E-state index >= 15 is 0 Å². The van der Waals surface area contributed by atoms with Crippen LogP contribution in [0.5, 0.6) is 0 Å². The van der Waals surface area contributed by atoms with Gasteiger partial charge < -0.3 is 19.0 Å². The van der Waals surface area contributed by atoms with Crippen LogP contribution >= 0.6 is 0 Å². The Balaban J connectivity index is 1.47. The molecule has 2 heterocycles. The fourth-order valence-electron chi connectivity index (χ4n) is 4.02. The van der Waals surface area contributed by atoms with E-state index in [9.17, 15) is 29.8 Å². The maximum Gasteiger partial charge on any atom is 0.338 e. The number of carbonyl (C=O) groups is 2. The number of hydrogen-bond acceptors (Lipinski definition) is 9. The number of furan rings is 1. The highest BCUT2D eigenvalue weighted by Gasteiger charge is 2.29. The van der Waals surface area contributed by atoms with E-state index in [2.05, 4.69) is 0 Å². The van der Waals surface area contributed by atoms with Crippen molar-refractivity contribution >= 4 is 28.9 Å². The molecule has 0 saturated carbocycles. The van der Waals surface area contributed by atoms with Gasteiger partial charge in [0.05, 0.1) is 27.6 Å². The zero-order valence-corrected chi connectivity index (χ0v) is 19.3. The van der Waals surface area contributed by atoms with Crippen molar-refractivity contribution in [2.24, 2.45) is 0 Å². The molecule has 2 aromatic carbocycles. The highest BCUT2D eigenvalue weighted by atomic mass is 16.6. The van der Waals surface area contributed by atoms with Crippen LogP contribution in [-0.2, 0) is 4.74 Å². The Labute approximate surface area is 205 Å². The molecule has 12 heteroatoms. The van der Waals surface area contributed by atoms with Crippen molar-refractivity contribution in [1.82, 2.24) is 4.90 Å². The van der Waals surface area contributed by atoms with Gasteiger partial charge in [0.2, 0.25) is 0 Å². The van der Waals surface area contributed by atoms with Gasteiger partial charge in [0.15, 0.2) is 5.76 Å². The number of para-hydroxylation sites is 1. The molecule has 12 nitrogen and oxygen atoms in total. The summed E-state index contributed by atoms with van der Waals surface area (Å²) in [6, 6.07) is 13.3. The lowest BCUT2D eigenvalue weighted by molar-refractivity contribution is -0.384. The van der Waals surface area contributed by atoms with Gasteiger partial charge in [-0.25, -0.2) is 4.79 Å². The number of nitrogens with zero attached hydrogens (tertiary/aromatic N) is 4. The molecule has 36 heavy (non-hydrogen) atoms. The molecule has 0 radical (unpaired) electrons. The van der Waals surface area contributed by atoms with Crippen LogP contribution < -0.4 is 4.90 Å². The van der Waals surface area contributed by atoms with Gasteiger partial charge in [0.25, 0.3) is 17.3 Å². The Bertz CT molecular complexity index is 1330. The molecule has 186 valence electrons. The third-order valence-electron chi connectivity index (χ3n) is 5.77. The number of nitro groups is 2. The number of rotatable bonds is 7. The molecule has 4 rings (SSSR count). The molecule has 0 bridgehead atoms. The number of piperazine rings is 1. The number of anilines is 1. The Hall–Kier alpha value is -4.74. The Kier molecular flexibility index (Phi) is 6.95. The summed E-state index contributed by atoms with van der Waals surface area (Å²) >= 11 is 0. The van der Waals surface area contributed by atoms with Gasteiger partial charge in [0, 0.05) is 38.3 Å². The van der Waals surface area contributed by atoms with E-state index in [0.717, 1.165) is 0 Å². The van der Waals surface area contributed by atoms with E-state index < -0.39 is 15.8 Å². The molecule has 1 fully saturated rings. The first-order valence-corrected chi connectivity index (χ1v) is 11.1. The van der Waals surface area contributed by atoms with E-state index in [-0.39, 0.29) is 59.6 Å². The Morgan fingerprint density at radius 3 is 2.31 bits per heavy atom. The average molecular weight is 494 g/mol. The highest BCUT2D eigenvalue weighted by Crippen LogP contribution is 2.32. The average Bonchev–Trinajstić information content (AvgIpc) is 3.38. The van der Waals surface area contributed by atoms with E-state index in [1.807, 2.05) is 0 Å². The topological polar surface area (TPSA) is 149 Å². The second-order valence-corrected chi connectivity index (χ2v) is 7.90. The van der Waals surface area contributed by atoms with Crippen LogP contribution in [0.2, 0.25) is 0 Å². The Morgan fingerprint density at radius 1 is 0.944 bits per heavy atom. The number of carbonyl (C=O) groups excluding carboxylic acids is 2. The van der Waals surface area contributed by atoms with E-state index in [4.69, 9.17) is 9.15 Å². The Morgan fingerprint density at radius 2 is 1.64 bits per heavy atom. The minimum atomic E-state index is -0.638. The number of nitro benzene ring substituents is 2. The number of amides is 1. The summed E-state index contributed by atoms with van der Waals surface area (Å²) < 4.78 is 10.6. The SMILES string of the molecule is CCOC(=O)c1ccc(N2CCN(C(=O)c3ccc(-c4ccccc4[N+](=O)[O-])o3)CC2)c([N+](=O)[O-])c1. The van der Waals surface area contributed by atoms with Gasteiger partial charge in [-0.15, -0.1) is 0 Å². The van der Waals surface area contributed by atoms with Crippen molar-refractivity contribution in [2.75, 3.05) is 37.7 Å². The third kappa shape index (κ3) is 4.87. The molecule has 0 aliphatic carbocycles. The van der Waals surface area contributed by atoms with Crippen molar-refractivity contribution in [1.29, 1.82) is 0 Å². The van der Waals surface area contributed by atoms with Gasteiger partial charge >= 0.3 is 5.97 Å². The van der Waals surface area contributed by atoms with Crippen LogP contribution in [0.4, 0.5) is 17.1 Å². The maximum absolute atomic E-state index is 13.0. The summed E-state index contributed by atoms with van der Waals surface area (Å²) in [5.74, 6) is -0.768. The molecular weight excluding hydrogens is 472 g/mol. The first-order chi connectivity index (χ1) is 17.3. The predicted octanol–water partition coefficient (Wildman–Crippen LogP) is 3.90. The van der Waals surface area contributed by atoms with Crippen LogP contribution in [0.3, 0.4) is 0 Å². The van der Waals surface area contributed by atoms with Gasteiger partial charge in [-0.2, -0.15) is 0 Å².